The maximum Gasteiger partial charge on any atom is 0.123 e. The van der Waals surface area contributed by atoms with Crippen molar-refractivity contribution in [2.24, 2.45) is 0 Å². The Morgan fingerprint density at radius 2 is 1.61 bits per heavy atom. The van der Waals surface area contributed by atoms with E-state index in [1.165, 1.54) is 12.1 Å². The Labute approximate surface area is 133 Å². The number of pyridine rings is 2. The average Bonchev–Trinajstić information content (AvgIpc) is 2.61. The van der Waals surface area contributed by atoms with Crippen LogP contribution in [0.5, 0.6) is 0 Å². The van der Waals surface area contributed by atoms with E-state index < -0.39 is 0 Å². The predicted molar refractivity (Wildman–Crippen MR) is 90.4 cm³/mol. The molecule has 4 rings (SSSR count). The maximum absolute atomic E-state index is 13.6. The van der Waals surface area contributed by atoms with Crippen LogP contribution in [0.4, 0.5) is 4.39 Å². The van der Waals surface area contributed by atoms with Gasteiger partial charge in [-0.05, 0) is 35.9 Å². The number of fused-ring (bicyclic) bond motifs is 1. The molecule has 0 aliphatic carbocycles. The van der Waals surface area contributed by atoms with Gasteiger partial charge in [-0.3, -0.25) is 9.97 Å². The number of nitrogens with zero attached hydrogens (tertiary/aromatic N) is 2. The van der Waals surface area contributed by atoms with Crippen molar-refractivity contribution < 1.29 is 4.39 Å². The molecule has 0 N–H and O–H groups in total. The number of hydrogen-bond acceptors (Lipinski definition) is 2. The van der Waals surface area contributed by atoms with Gasteiger partial charge in [-0.2, -0.15) is 0 Å². The zero-order chi connectivity index (χ0) is 15.6. The van der Waals surface area contributed by atoms with Gasteiger partial charge in [-0.15, -0.1) is 0 Å². The van der Waals surface area contributed by atoms with E-state index in [0.29, 0.717) is 0 Å². The van der Waals surface area contributed by atoms with Crippen molar-refractivity contribution in [3.8, 4) is 22.4 Å². The molecule has 0 aliphatic rings. The molecule has 2 nitrogen and oxygen atoms in total. The Bertz CT molecular complexity index is 990. The number of benzene rings is 2. The fraction of sp³-hybridized carbons (Fsp3) is 0. The summed E-state index contributed by atoms with van der Waals surface area (Å²) in [4.78, 5) is 8.89. The van der Waals surface area contributed by atoms with Crippen molar-refractivity contribution >= 4 is 10.9 Å². The van der Waals surface area contributed by atoms with Crippen LogP contribution in [0.2, 0.25) is 0 Å². The van der Waals surface area contributed by atoms with Gasteiger partial charge >= 0.3 is 0 Å². The standard InChI is InChI=1S/C20H13FN2/c21-15-6-3-5-14(13-15)20-18(8-4-11-23-20)16-10-12-22-19-9-2-1-7-17(16)19/h1-13H. The number of aromatic nitrogens is 2. The van der Waals surface area contributed by atoms with Crippen molar-refractivity contribution in [2.75, 3.05) is 0 Å². The molecule has 110 valence electrons. The molecule has 2 aromatic heterocycles. The lowest BCUT2D eigenvalue weighted by molar-refractivity contribution is 0.628. The smallest absolute Gasteiger partial charge is 0.123 e. The lowest BCUT2D eigenvalue weighted by atomic mass is 9.97. The van der Waals surface area contributed by atoms with Gasteiger partial charge in [0.15, 0.2) is 0 Å². The van der Waals surface area contributed by atoms with Crippen LogP contribution in [0.25, 0.3) is 33.3 Å². The Kier molecular flexibility index (Phi) is 3.31. The average molecular weight is 300 g/mol. The fourth-order valence-electron chi connectivity index (χ4n) is 2.82. The van der Waals surface area contributed by atoms with Gasteiger partial charge in [0.1, 0.15) is 5.82 Å². The molecule has 2 heterocycles. The molecule has 0 radical (unpaired) electrons. The molecule has 3 heteroatoms. The predicted octanol–water partition coefficient (Wildman–Crippen LogP) is 5.10. The van der Waals surface area contributed by atoms with Crippen LogP contribution in [-0.2, 0) is 0 Å². The minimum Gasteiger partial charge on any atom is -0.256 e. The Morgan fingerprint density at radius 3 is 2.52 bits per heavy atom. The largest absolute Gasteiger partial charge is 0.256 e. The summed E-state index contributed by atoms with van der Waals surface area (Å²) in [6.45, 7) is 0. The molecule has 23 heavy (non-hydrogen) atoms. The van der Waals surface area contributed by atoms with E-state index in [9.17, 15) is 4.39 Å². The van der Waals surface area contributed by atoms with Crippen LogP contribution in [-0.4, -0.2) is 9.97 Å². The fourth-order valence-corrected chi connectivity index (χ4v) is 2.82. The zero-order valence-electron chi connectivity index (χ0n) is 12.3. The van der Waals surface area contributed by atoms with Crippen LogP contribution >= 0.6 is 0 Å². The minimum absolute atomic E-state index is 0.265. The van der Waals surface area contributed by atoms with Crippen LogP contribution in [0.15, 0.2) is 79.1 Å². The van der Waals surface area contributed by atoms with E-state index in [-0.39, 0.29) is 5.82 Å². The molecule has 0 spiro atoms. The number of halogens is 1. The SMILES string of the molecule is Fc1cccc(-c2ncccc2-c2ccnc3ccccc23)c1. The highest BCUT2D eigenvalue weighted by molar-refractivity contribution is 5.97. The van der Waals surface area contributed by atoms with Gasteiger partial charge in [-0.25, -0.2) is 4.39 Å². The molecule has 0 aliphatic heterocycles. The molecule has 0 saturated carbocycles. The molecule has 0 atom stereocenters. The first-order chi connectivity index (χ1) is 11.3. The first-order valence-corrected chi connectivity index (χ1v) is 7.38. The van der Waals surface area contributed by atoms with Gasteiger partial charge in [0.2, 0.25) is 0 Å². The van der Waals surface area contributed by atoms with E-state index in [1.807, 2.05) is 48.5 Å². The normalized spacial score (nSPS) is 10.8. The van der Waals surface area contributed by atoms with Crippen molar-refractivity contribution in [1.82, 2.24) is 9.97 Å². The summed E-state index contributed by atoms with van der Waals surface area (Å²) in [5.74, 6) is -0.265. The van der Waals surface area contributed by atoms with Crippen molar-refractivity contribution in [3.63, 3.8) is 0 Å². The second kappa shape index (κ2) is 5.61. The highest BCUT2D eigenvalue weighted by atomic mass is 19.1. The Morgan fingerprint density at radius 1 is 0.696 bits per heavy atom. The van der Waals surface area contributed by atoms with Crippen LogP contribution in [0, 0.1) is 5.82 Å². The van der Waals surface area contributed by atoms with Crippen molar-refractivity contribution in [2.45, 2.75) is 0 Å². The molecular weight excluding hydrogens is 287 g/mol. The van der Waals surface area contributed by atoms with E-state index in [1.54, 1.807) is 18.5 Å². The summed E-state index contributed by atoms with van der Waals surface area (Å²) >= 11 is 0. The van der Waals surface area contributed by atoms with Crippen molar-refractivity contribution in [1.29, 1.82) is 0 Å². The second-order valence-electron chi connectivity index (χ2n) is 5.29. The number of rotatable bonds is 2. The van der Waals surface area contributed by atoms with E-state index in [0.717, 1.165) is 33.3 Å². The molecule has 0 amide bonds. The van der Waals surface area contributed by atoms with Crippen molar-refractivity contribution in [3.05, 3.63) is 84.9 Å². The Hall–Kier alpha value is -3.07. The molecular formula is C20H13FN2. The zero-order valence-corrected chi connectivity index (χ0v) is 12.3. The summed E-state index contributed by atoms with van der Waals surface area (Å²) < 4.78 is 13.6. The van der Waals surface area contributed by atoms with Gasteiger partial charge in [-0.1, -0.05) is 36.4 Å². The third-order valence-electron chi connectivity index (χ3n) is 3.84. The molecule has 0 bridgehead atoms. The third-order valence-corrected chi connectivity index (χ3v) is 3.84. The summed E-state index contributed by atoms with van der Waals surface area (Å²) in [5.41, 5.74) is 4.48. The van der Waals surface area contributed by atoms with E-state index in [4.69, 9.17) is 0 Å². The molecule has 0 fully saturated rings. The van der Waals surface area contributed by atoms with Gasteiger partial charge in [0, 0.05) is 28.9 Å². The van der Waals surface area contributed by atoms with Crippen LogP contribution < -0.4 is 0 Å². The number of para-hydroxylation sites is 1. The monoisotopic (exact) mass is 300 g/mol. The molecule has 0 saturated heterocycles. The summed E-state index contributed by atoms with van der Waals surface area (Å²) in [5, 5.41) is 1.06. The van der Waals surface area contributed by atoms with Crippen LogP contribution in [0.3, 0.4) is 0 Å². The lowest BCUT2D eigenvalue weighted by Crippen LogP contribution is -1.91. The first kappa shape index (κ1) is 13.6. The lowest BCUT2D eigenvalue weighted by Gasteiger charge is -2.11. The maximum atomic E-state index is 13.6. The molecule has 4 aromatic rings. The summed E-state index contributed by atoms with van der Waals surface area (Å²) in [6, 6.07) is 20.4. The highest BCUT2D eigenvalue weighted by Gasteiger charge is 2.11. The second-order valence-corrected chi connectivity index (χ2v) is 5.29. The third kappa shape index (κ3) is 2.46. The quantitative estimate of drug-likeness (QED) is 0.514. The highest BCUT2D eigenvalue weighted by Crippen LogP contribution is 2.34. The topological polar surface area (TPSA) is 25.8 Å². The minimum atomic E-state index is -0.265. The van der Waals surface area contributed by atoms with Gasteiger partial charge in [0.25, 0.3) is 0 Å². The van der Waals surface area contributed by atoms with Gasteiger partial charge < -0.3 is 0 Å². The first-order valence-electron chi connectivity index (χ1n) is 7.38. The van der Waals surface area contributed by atoms with E-state index in [2.05, 4.69) is 9.97 Å². The number of hydrogen-bond donors (Lipinski definition) is 0. The molecule has 0 unspecified atom stereocenters. The Balaban J connectivity index is 2.00. The van der Waals surface area contributed by atoms with Gasteiger partial charge in [0.05, 0.1) is 11.2 Å². The summed E-state index contributed by atoms with van der Waals surface area (Å²) in [7, 11) is 0. The summed E-state index contributed by atoms with van der Waals surface area (Å²) in [6.07, 6.45) is 3.52. The van der Waals surface area contributed by atoms with Crippen LogP contribution in [0.1, 0.15) is 0 Å². The molecule has 2 aromatic carbocycles. The van der Waals surface area contributed by atoms with E-state index >= 15 is 0 Å².